The van der Waals surface area contributed by atoms with Gasteiger partial charge in [-0.3, -0.25) is 0 Å². The van der Waals surface area contributed by atoms with E-state index < -0.39 is 0 Å². The summed E-state index contributed by atoms with van der Waals surface area (Å²) in [5.74, 6) is 0.167. The summed E-state index contributed by atoms with van der Waals surface area (Å²) < 4.78 is 4.83. The Balaban J connectivity index is 2.51. The Kier molecular flexibility index (Phi) is 3.24. The van der Waals surface area contributed by atoms with Crippen LogP contribution in [0.4, 0.5) is 0 Å². The molecule has 2 heteroatoms. The molecule has 0 saturated heterocycles. The Morgan fingerprint density at radius 1 is 1.67 bits per heavy atom. The number of rotatable bonds is 3. The van der Waals surface area contributed by atoms with Crippen LogP contribution in [0.15, 0.2) is 41.7 Å². The van der Waals surface area contributed by atoms with Gasteiger partial charge in [-0.25, -0.2) is 5.11 Å². The van der Waals surface area contributed by atoms with Crippen LogP contribution in [-0.2, 0) is 9.84 Å². The first-order valence-corrected chi connectivity index (χ1v) is 4.01. The summed E-state index contributed by atoms with van der Waals surface area (Å²) >= 11 is 0. The van der Waals surface area contributed by atoms with Gasteiger partial charge in [-0.1, -0.05) is 25.2 Å². The number of hydrogen-bond donors (Lipinski definition) is 0. The largest absolute Gasteiger partial charge is 0.415 e. The van der Waals surface area contributed by atoms with E-state index in [0.29, 0.717) is 5.76 Å². The molecule has 0 bridgehead atoms. The zero-order chi connectivity index (χ0) is 8.81. The van der Waals surface area contributed by atoms with E-state index in [1.54, 1.807) is 12.2 Å². The molecule has 2 nitrogen and oxygen atoms in total. The van der Waals surface area contributed by atoms with Crippen molar-refractivity contribution in [3.8, 4) is 0 Å². The van der Waals surface area contributed by atoms with Crippen molar-refractivity contribution in [2.24, 2.45) is 0 Å². The van der Waals surface area contributed by atoms with Crippen molar-refractivity contribution in [2.75, 3.05) is 0 Å². The molecule has 0 fully saturated rings. The molecule has 0 saturated carbocycles. The predicted molar refractivity (Wildman–Crippen MR) is 45.5 cm³/mol. The number of ether oxygens (including phenoxy) is 1. The molecule has 0 aromatic carbocycles. The first kappa shape index (κ1) is 8.69. The third-order valence-corrected chi connectivity index (χ3v) is 1.38. The molecular weight excluding hydrogens is 152 g/mol. The highest BCUT2D eigenvalue weighted by atomic mass is 16.6. The van der Waals surface area contributed by atoms with Crippen LogP contribution in [0.2, 0.25) is 0 Å². The van der Waals surface area contributed by atoms with E-state index in [9.17, 15) is 5.11 Å². The second-order valence-electron chi connectivity index (χ2n) is 2.45. The monoisotopic (exact) mass is 163 g/mol. The molecule has 1 heterocycles. The van der Waals surface area contributed by atoms with Gasteiger partial charge in [0.05, 0.1) is 0 Å². The standard InChI is InChI=1S/C10H11O2/c1-2-3-4-6-9-7-5-8-10(11)12-9/h4-6,8H,2-3H2,1H3/b6-4+. The summed E-state index contributed by atoms with van der Waals surface area (Å²) in [5, 5.41) is 10.7. The predicted octanol–water partition coefficient (Wildman–Crippen LogP) is 2.68. The van der Waals surface area contributed by atoms with Gasteiger partial charge in [-0.2, -0.15) is 0 Å². The van der Waals surface area contributed by atoms with Crippen LogP contribution in [-0.4, -0.2) is 0 Å². The van der Waals surface area contributed by atoms with E-state index in [0.717, 1.165) is 12.8 Å². The van der Waals surface area contributed by atoms with Crippen LogP contribution >= 0.6 is 0 Å². The minimum Gasteiger partial charge on any atom is -0.415 e. The van der Waals surface area contributed by atoms with Gasteiger partial charge < -0.3 is 4.74 Å². The summed E-state index contributed by atoms with van der Waals surface area (Å²) in [4.78, 5) is 0. The van der Waals surface area contributed by atoms with Gasteiger partial charge in [-0.15, -0.1) is 0 Å². The van der Waals surface area contributed by atoms with E-state index in [-0.39, 0.29) is 5.95 Å². The summed E-state index contributed by atoms with van der Waals surface area (Å²) in [7, 11) is 0. The third kappa shape index (κ3) is 2.69. The van der Waals surface area contributed by atoms with Crippen LogP contribution in [0, 0.1) is 0 Å². The summed E-state index contributed by atoms with van der Waals surface area (Å²) in [6, 6.07) is 0. The van der Waals surface area contributed by atoms with Crippen molar-refractivity contribution in [3.05, 3.63) is 41.7 Å². The molecular formula is C10H11O2. The highest BCUT2D eigenvalue weighted by Gasteiger charge is 2.01. The van der Waals surface area contributed by atoms with Gasteiger partial charge in [0.15, 0.2) is 5.76 Å². The maximum Gasteiger partial charge on any atom is 0.337 e. The van der Waals surface area contributed by atoms with Crippen LogP contribution in [0.1, 0.15) is 19.8 Å². The van der Waals surface area contributed by atoms with Crippen molar-refractivity contribution in [1.82, 2.24) is 0 Å². The molecule has 0 spiro atoms. The van der Waals surface area contributed by atoms with E-state index in [4.69, 9.17) is 4.74 Å². The molecule has 12 heavy (non-hydrogen) atoms. The van der Waals surface area contributed by atoms with E-state index in [1.807, 2.05) is 6.08 Å². The zero-order valence-corrected chi connectivity index (χ0v) is 7.04. The van der Waals surface area contributed by atoms with E-state index in [2.05, 4.69) is 12.7 Å². The minimum atomic E-state index is -0.329. The molecule has 0 aromatic rings. The van der Waals surface area contributed by atoms with Gasteiger partial charge in [-0.05, 0) is 18.6 Å². The van der Waals surface area contributed by atoms with Crippen molar-refractivity contribution in [1.29, 1.82) is 0 Å². The summed E-state index contributed by atoms with van der Waals surface area (Å²) in [5.41, 5.74) is 2.81. The van der Waals surface area contributed by atoms with E-state index in [1.165, 1.54) is 6.08 Å². The van der Waals surface area contributed by atoms with Crippen LogP contribution in [0.5, 0.6) is 0 Å². The summed E-state index contributed by atoms with van der Waals surface area (Å²) in [6.45, 7) is 2.09. The fourth-order valence-electron chi connectivity index (χ4n) is 0.803. The smallest absolute Gasteiger partial charge is 0.337 e. The highest BCUT2D eigenvalue weighted by Crippen LogP contribution is 2.09. The Morgan fingerprint density at radius 3 is 3.17 bits per heavy atom. The topological polar surface area (TPSA) is 29.1 Å². The second kappa shape index (κ2) is 4.47. The van der Waals surface area contributed by atoms with Crippen molar-refractivity contribution >= 4 is 0 Å². The van der Waals surface area contributed by atoms with Gasteiger partial charge >= 0.3 is 5.95 Å². The van der Waals surface area contributed by atoms with Gasteiger partial charge in [0.1, 0.15) is 0 Å². The summed E-state index contributed by atoms with van der Waals surface area (Å²) in [6.07, 6.45) is 8.73. The van der Waals surface area contributed by atoms with Gasteiger partial charge in [0.2, 0.25) is 0 Å². The molecule has 63 valence electrons. The van der Waals surface area contributed by atoms with Crippen LogP contribution in [0.3, 0.4) is 0 Å². The molecule has 0 atom stereocenters. The van der Waals surface area contributed by atoms with Crippen LogP contribution in [0.25, 0.3) is 0 Å². The normalized spacial score (nSPS) is 15.8. The Morgan fingerprint density at radius 2 is 2.50 bits per heavy atom. The lowest BCUT2D eigenvalue weighted by atomic mass is 10.3. The van der Waals surface area contributed by atoms with Crippen LogP contribution < -0.4 is 0 Å². The molecule has 1 aliphatic rings. The molecule has 1 rings (SSSR count). The molecule has 0 amide bonds. The molecule has 0 aliphatic carbocycles. The Labute approximate surface area is 72.2 Å². The minimum absolute atomic E-state index is 0.329. The molecule has 0 N–H and O–H groups in total. The van der Waals surface area contributed by atoms with Crippen molar-refractivity contribution < 1.29 is 9.84 Å². The first-order valence-electron chi connectivity index (χ1n) is 4.01. The lowest BCUT2D eigenvalue weighted by Gasteiger charge is -2.01. The first-order chi connectivity index (χ1) is 5.83. The zero-order valence-electron chi connectivity index (χ0n) is 7.04. The lowest BCUT2D eigenvalue weighted by molar-refractivity contribution is 0.0993. The SMILES string of the molecule is CCC/C=C/C1=C=CC=C([O])O1. The Hall–Kier alpha value is -1.40. The number of unbranched alkanes of at least 4 members (excludes halogenated alkanes) is 1. The lowest BCUT2D eigenvalue weighted by Crippen LogP contribution is -1.89. The Bertz CT molecular complexity index is 266. The van der Waals surface area contributed by atoms with E-state index >= 15 is 0 Å². The molecule has 0 aromatic heterocycles. The average Bonchev–Trinajstić information content (AvgIpc) is 2.05. The molecule has 1 radical (unpaired) electrons. The maximum absolute atomic E-state index is 10.7. The van der Waals surface area contributed by atoms with Gasteiger partial charge in [0, 0.05) is 6.08 Å². The number of hydrogen-bond acceptors (Lipinski definition) is 1. The highest BCUT2D eigenvalue weighted by molar-refractivity contribution is 5.20. The van der Waals surface area contributed by atoms with Gasteiger partial charge in [0.25, 0.3) is 0 Å². The second-order valence-corrected chi connectivity index (χ2v) is 2.45. The average molecular weight is 163 g/mol. The molecule has 0 unspecified atom stereocenters. The van der Waals surface area contributed by atoms with Crippen molar-refractivity contribution in [3.63, 3.8) is 0 Å². The third-order valence-electron chi connectivity index (χ3n) is 1.38. The fraction of sp³-hybridized carbons (Fsp3) is 0.300. The molecule has 1 aliphatic heterocycles. The number of allylic oxidation sites excluding steroid dienone is 3. The maximum atomic E-state index is 10.7. The quantitative estimate of drug-likeness (QED) is 0.588. The fourth-order valence-corrected chi connectivity index (χ4v) is 0.803. The van der Waals surface area contributed by atoms with Crippen molar-refractivity contribution in [2.45, 2.75) is 19.8 Å².